The van der Waals surface area contributed by atoms with Crippen LogP contribution in [0.25, 0.3) is 0 Å². The predicted octanol–water partition coefficient (Wildman–Crippen LogP) is 4.04. The van der Waals surface area contributed by atoms with E-state index >= 15 is 4.39 Å². The molecule has 49 heavy (non-hydrogen) atoms. The standard InChI is InChI=1S/C36H53FN8O4/c1-7-45-30(16-17-38-45)33(46)40-32(25-10-8-22(2)9-11-25)34(47)39-29-15-12-26(20-28(29)37)24(4)31(41-36(49)43(6)27-13-14-27)35(48)44-19-18-42(5)23(3)21-44/h12,15-17,20,22-25,27,31-32H,7-11,13-14,18-19,21H2,1-6H3,(H,39,47)(H,40,46)(H,41,49)/t22?,23-,24-,25?,31+,32-/m0/s1. The maximum Gasteiger partial charge on any atom is 0.318 e. The Morgan fingerprint density at radius 3 is 2.37 bits per heavy atom. The highest BCUT2D eigenvalue weighted by Gasteiger charge is 2.38. The van der Waals surface area contributed by atoms with Crippen LogP contribution in [0.5, 0.6) is 0 Å². The Hall–Kier alpha value is -4.00. The lowest BCUT2D eigenvalue weighted by Crippen LogP contribution is -2.59. The molecule has 2 aliphatic carbocycles. The van der Waals surface area contributed by atoms with Crippen LogP contribution in [0.1, 0.15) is 88.2 Å². The van der Waals surface area contributed by atoms with Crippen LogP contribution in [0.2, 0.25) is 0 Å². The van der Waals surface area contributed by atoms with Gasteiger partial charge in [-0.05, 0) is 82.2 Å². The van der Waals surface area contributed by atoms with Gasteiger partial charge in [-0.3, -0.25) is 19.1 Å². The van der Waals surface area contributed by atoms with Gasteiger partial charge < -0.3 is 30.7 Å². The fourth-order valence-electron chi connectivity index (χ4n) is 7.04. The molecule has 268 valence electrons. The van der Waals surface area contributed by atoms with Gasteiger partial charge in [0.05, 0.1) is 5.69 Å². The van der Waals surface area contributed by atoms with Crippen LogP contribution < -0.4 is 16.0 Å². The Kier molecular flexibility index (Phi) is 11.6. The molecule has 1 aromatic carbocycles. The first-order valence-electron chi connectivity index (χ1n) is 17.8. The summed E-state index contributed by atoms with van der Waals surface area (Å²) in [5.41, 5.74) is 0.861. The van der Waals surface area contributed by atoms with Crippen LogP contribution >= 0.6 is 0 Å². The van der Waals surface area contributed by atoms with E-state index < -0.39 is 35.6 Å². The zero-order valence-electron chi connectivity index (χ0n) is 29.7. The monoisotopic (exact) mass is 680 g/mol. The minimum Gasteiger partial charge on any atom is -0.339 e. The van der Waals surface area contributed by atoms with Gasteiger partial charge in [0.15, 0.2) is 0 Å². The van der Waals surface area contributed by atoms with Gasteiger partial charge in [-0.25, -0.2) is 9.18 Å². The average Bonchev–Trinajstić information content (AvgIpc) is 3.83. The number of nitrogens with one attached hydrogen (secondary N) is 3. The van der Waals surface area contributed by atoms with E-state index in [9.17, 15) is 19.2 Å². The topological polar surface area (TPSA) is 132 Å². The smallest absolute Gasteiger partial charge is 0.318 e. The van der Waals surface area contributed by atoms with Crippen LogP contribution in [-0.2, 0) is 16.1 Å². The number of hydrogen-bond acceptors (Lipinski definition) is 6. The molecule has 3 aliphatic rings. The predicted molar refractivity (Wildman–Crippen MR) is 185 cm³/mol. The second-order valence-corrected chi connectivity index (χ2v) is 14.4. The Balaban J connectivity index is 1.33. The Morgan fingerprint density at radius 1 is 1.02 bits per heavy atom. The Labute approximate surface area is 289 Å². The molecule has 0 bridgehead atoms. The third-order valence-electron chi connectivity index (χ3n) is 10.9. The van der Waals surface area contributed by atoms with Crippen LogP contribution in [-0.4, -0.2) is 106 Å². The van der Waals surface area contributed by atoms with E-state index in [0.717, 1.165) is 45.1 Å². The molecule has 0 unspecified atom stereocenters. The quantitative estimate of drug-likeness (QED) is 0.329. The van der Waals surface area contributed by atoms with Crippen molar-refractivity contribution >= 4 is 29.4 Å². The summed E-state index contributed by atoms with van der Waals surface area (Å²) in [5, 5.41) is 12.8. The van der Waals surface area contributed by atoms with Crippen molar-refractivity contribution in [1.29, 1.82) is 0 Å². The number of likely N-dealkylation sites (N-methyl/N-ethyl adjacent to an activating group) is 1. The zero-order chi connectivity index (χ0) is 35.4. The Bertz CT molecular complexity index is 1500. The number of hydrogen-bond donors (Lipinski definition) is 3. The highest BCUT2D eigenvalue weighted by molar-refractivity contribution is 6.00. The third-order valence-corrected chi connectivity index (χ3v) is 10.9. The molecular formula is C36H53FN8O4. The van der Waals surface area contributed by atoms with Crippen molar-refractivity contribution in [1.82, 2.24) is 35.1 Å². The minimum atomic E-state index is -0.908. The van der Waals surface area contributed by atoms with E-state index in [-0.39, 0.29) is 35.6 Å². The number of amides is 5. The van der Waals surface area contributed by atoms with Gasteiger partial charge in [0.1, 0.15) is 23.6 Å². The number of carbonyl (C=O) groups excluding carboxylic acids is 4. The number of piperazine rings is 1. The van der Waals surface area contributed by atoms with Crippen LogP contribution in [0.4, 0.5) is 14.9 Å². The fraction of sp³-hybridized carbons (Fsp3) is 0.639. The summed E-state index contributed by atoms with van der Waals surface area (Å²) in [5.74, 6) is -1.86. The fourth-order valence-corrected chi connectivity index (χ4v) is 7.04. The summed E-state index contributed by atoms with van der Waals surface area (Å²) in [4.78, 5) is 59.8. The number of aryl methyl sites for hydroxylation is 1. The molecule has 3 N–H and O–H groups in total. The van der Waals surface area contributed by atoms with Crippen LogP contribution in [0.3, 0.4) is 0 Å². The van der Waals surface area contributed by atoms with Gasteiger partial charge >= 0.3 is 6.03 Å². The lowest BCUT2D eigenvalue weighted by Gasteiger charge is -2.40. The van der Waals surface area contributed by atoms with Gasteiger partial charge in [-0.1, -0.05) is 32.8 Å². The molecule has 1 saturated heterocycles. The highest BCUT2D eigenvalue weighted by Crippen LogP contribution is 2.32. The van der Waals surface area contributed by atoms with Crippen molar-refractivity contribution < 1.29 is 23.6 Å². The second-order valence-electron chi connectivity index (χ2n) is 14.4. The molecule has 5 amide bonds. The van der Waals surface area contributed by atoms with E-state index in [4.69, 9.17) is 0 Å². The van der Waals surface area contributed by atoms with E-state index in [0.29, 0.717) is 36.8 Å². The molecule has 12 nitrogen and oxygen atoms in total. The van der Waals surface area contributed by atoms with E-state index in [1.54, 1.807) is 39.9 Å². The van der Waals surface area contributed by atoms with E-state index in [2.05, 4.69) is 39.8 Å². The number of urea groups is 1. The molecule has 1 aliphatic heterocycles. The number of carbonyl (C=O) groups is 4. The van der Waals surface area contributed by atoms with Gasteiger partial charge in [0.25, 0.3) is 5.91 Å². The summed E-state index contributed by atoms with van der Waals surface area (Å²) in [6.45, 7) is 10.2. The largest absolute Gasteiger partial charge is 0.339 e. The zero-order valence-corrected chi connectivity index (χ0v) is 29.7. The molecule has 13 heteroatoms. The maximum absolute atomic E-state index is 15.8. The SMILES string of the molecule is CCn1nccc1C(=O)N[C@H](C(=O)Nc1ccc([C@H](C)[C@@H](NC(=O)N(C)C2CC2)C(=O)N2CCN(C)[C@@H](C)C2)cc1F)C1CCC(C)CC1. The molecule has 2 heterocycles. The first-order chi connectivity index (χ1) is 23.4. The van der Waals surface area contributed by atoms with Gasteiger partial charge in [0, 0.05) is 57.4 Å². The molecule has 3 fully saturated rings. The van der Waals surface area contributed by atoms with E-state index in [1.807, 2.05) is 20.9 Å². The molecule has 2 saturated carbocycles. The summed E-state index contributed by atoms with van der Waals surface area (Å²) in [7, 11) is 3.76. The van der Waals surface area contributed by atoms with Crippen LogP contribution in [0.15, 0.2) is 30.5 Å². The number of benzene rings is 1. The van der Waals surface area contributed by atoms with Crippen molar-refractivity contribution in [3.8, 4) is 0 Å². The number of rotatable bonds is 11. The highest BCUT2D eigenvalue weighted by atomic mass is 19.1. The first-order valence-corrected chi connectivity index (χ1v) is 17.8. The molecule has 0 spiro atoms. The maximum atomic E-state index is 15.8. The molecule has 2 aromatic rings. The van der Waals surface area contributed by atoms with E-state index in [1.165, 1.54) is 12.1 Å². The third kappa shape index (κ3) is 8.60. The van der Waals surface area contributed by atoms with Gasteiger partial charge in [-0.15, -0.1) is 0 Å². The number of halogens is 1. The molecular weight excluding hydrogens is 627 g/mol. The lowest BCUT2D eigenvalue weighted by atomic mass is 9.79. The molecule has 5 rings (SSSR count). The number of nitrogens with zero attached hydrogens (tertiary/aromatic N) is 5. The second kappa shape index (κ2) is 15.7. The Morgan fingerprint density at radius 2 is 1.73 bits per heavy atom. The summed E-state index contributed by atoms with van der Waals surface area (Å²) in [6.07, 6.45) is 6.84. The lowest BCUT2D eigenvalue weighted by molar-refractivity contribution is -0.136. The van der Waals surface area contributed by atoms with Crippen molar-refractivity contribution in [2.45, 2.75) is 103 Å². The normalized spacial score (nSPS) is 23.2. The van der Waals surface area contributed by atoms with Gasteiger partial charge in [0.2, 0.25) is 11.8 Å². The number of aromatic nitrogens is 2. The molecule has 4 atom stereocenters. The average molecular weight is 681 g/mol. The first kappa shape index (κ1) is 36.3. The molecule has 1 aromatic heterocycles. The van der Waals surface area contributed by atoms with Crippen LogP contribution in [0, 0.1) is 17.7 Å². The number of anilines is 1. The van der Waals surface area contributed by atoms with Crippen molar-refractivity contribution in [2.75, 3.05) is 39.0 Å². The van der Waals surface area contributed by atoms with Gasteiger partial charge in [-0.2, -0.15) is 5.10 Å². The summed E-state index contributed by atoms with van der Waals surface area (Å²) < 4.78 is 17.4. The summed E-state index contributed by atoms with van der Waals surface area (Å²) >= 11 is 0. The summed E-state index contributed by atoms with van der Waals surface area (Å²) in [6, 6.07) is 4.34. The van der Waals surface area contributed by atoms with Crippen molar-refractivity contribution in [3.05, 3.63) is 47.5 Å². The van der Waals surface area contributed by atoms with Crippen molar-refractivity contribution in [3.63, 3.8) is 0 Å². The molecule has 0 radical (unpaired) electrons. The minimum absolute atomic E-state index is 0.0174. The van der Waals surface area contributed by atoms with Crippen molar-refractivity contribution in [2.24, 2.45) is 11.8 Å².